The lowest BCUT2D eigenvalue weighted by molar-refractivity contribution is -0.124. The van der Waals surface area contributed by atoms with Gasteiger partial charge in [0, 0.05) is 12.8 Å². The smallest absolute Gasteiger partial charge is 0.338 e. The van der Waals surface area contributed by atoms with Crippen molar-refractivity contribution < 1.29 is 32.2 Å². The number of hydrogen-bond donors (Lipinski definition) is 1. The molecule has 2 aromatic rings. The summed E-state index contributed by atoms with van der Waals surface area (Å²) in [7, 11) is -3.60. The lowest BCUT2D eigenvalue weighted by Gasteiger charge is -2.08. The quantitative estimate of drug-likeness (QED) is 0.704. The van der Waals surface area contributed by atoms with Crippen LogP contribution in [0.3, 0.4) is 0 Å². The second-order valence-electron chi connectivity index (χ2n) is 5.96. The molecule has 0 radical (unpaired) electrons. The van der Waals surface area contributed by atoms with E-state index in [2.05, 4.69) is 5.32 Å². The normalized spacial score (nSPS) is 12.5. The molecule has 148 valence electrons. The zero-order valence-corrected chi connectivity index (χ0v) is 16.3. The number of esters is 1. The number of amides is 1. The Morgan fingerprint density at radius 1 is 1.14 bits per heavy atom. The van der Waals surface area contributed by atoms with Gasteiger partial charge in [-0.15, -0.1) is 0 Å². The zero-order chi connectivity index (χ0) is 20.3. The summed E-state index contributed by atoms with van der Waals surface area (Å²) in [6.45, 7) is -0.140. The van der Waals surface area contributed by atoms with Crippen molar-refractivity contribution >= 4 is 33.3 Å². The molecule has 0 saturated heterocycles. The molecule has 2 aromatic carbocycles. The van der Waals surface area contributed by atoms with Gasteiger partial charge >= 0.3 is 5.97 Å². The van der Waals surface area contributed by atoms with E-state index in [-0.39, 0.29) is 28.8 Å². The Morgan fingerprint density at radius 3 is 2.64 bits per heavy atom. The van der Waals surface area contributed by atoms with Crippen LogP contribution in [0.4, 0.5) is 0 Å². The molecule has 1 N–H and O–H groups in total. The minimum absolute atomic E-state index is 0.000481. The van der Waals surface area contributed by atoms with Crippen LogP contribution in [0.15, 0.2) is 41.3 Å². The first-order valence-corrected chi connectivity index (χ1v) is 10.3. The first kappa shape index (κ1) is 20.0. The molecule has 3 rings (SSSR count). The minimum atomic E-state index is -3.60. The maximum atomic E-state index is 12.1. The number of hydrogen-bond acceptors (Lipinski definition) is 7. The van der Waals surface area contributed by atoms with Gasteiger partial charge in [0.05, 0.1) is 15.5 Å². The van der Waals surface area contributed by atoms with Crippen molar-refractivity contribution in [2.24, 2.45) is 0 Å². The Hall–Kier alpha value is -2.78. The summed E-state index contributed by atoms with van der Waals surface area (Å²) < 4.78 is 38.7. The molecule has 1 aliphatic heterocycles. The summed E-state index contributed by atoms with van der Waals surface area (Å²) in [5.41, 5.74) is 0.771. The highest BCUT2D eigenvalue weighted by Crippen LogP contribution is 2.32. The van der Waals surface area contributed by atoms with Crippen LogP contribution >= 0.6 is 11.6 Å². The van der Waals surface area contributed by atoms with Gasteiger partial charge in [-0.25, -0.2) is 13.2 Å². The second-order valence-corrected chi connectivity index (χ2v) is 8.35. The Labute approximate surface area is 166 Å². The van der Waals surface area contributed by atoms with Gasteiger partial charge < -0.3 is 19.5 Å². The first-order valence-electron chi connectivity index (χ1n) is 8.06. The largest absolute Gasteiger partial charge is 0.454 e. The van der Waals surface area contributed by atoms with E-state index in [1.807, 2.05) is 0 Å². The topological polar surface area (TPSA) is 108 Å². The van der Waals surface area contributed by atoms with Gasteiger partial charge in [-0.3, -0.25) is 4.79 Å². The number of nitrogens with one attached hydrogen (secondary N) is 1. The molecule has 28 heavy (non-hydrogen) atoms. The van der Waals surface area contributed by atoms with E-state index in [4.69, 9.17) is 25.8 Å². The van der Waals surface area contributed by atoms with Crippen molar-refractivity contribution in [3.8, 4) is 11.5 Å². The predicted octanol–water partition coefficient (Wildman–Crippen LogP) is 1.95. The Bertz CT molecular complexity index is 1040. The van der Waals surface area contributed by atoms with Crippen molar-refractivity contribution in [2.45, 2.75) is 11.4 Å². The number of sulfone groups is 1. The molecular weight excluding hydrogens is 410 g/mol. The van der Waals surface area contributed by atoms with Crippen molar-refractivity contribution in [1.29, 1.82) is 0 Å². The maximum Gasteiger partial charge on any atom is 0.338 e. The van der Waals surface area contributed by atoms with Gasteiger partial charge in [0.15, 0.2) is 27.9 Å². The van der Waals surface area contributed by atoms with Crippen LogP contribution in [-0.2, 0) is 25.9 Å². The standard InChI is InChI=1S/C18H16ClNO7S/c1-28(23,24)16-7-12(3-4-13(16)19)18(22)25-9-17(21)20-8-11-2-5-14-15(6-11)27-10-26-14/h2-7H,8-10H2,1H3,(H,20,21). The molecule has 1 heterocycles. The summed E-state index contributed by atoms with van der Waals surface area (Å²) in [5.74, 6) is -0.105. The average molecular weight is 426 g/mol. The fourth-order valence-corrected chi connectivity index (χ4v) is 3.73. The van der Waals surface area contributed by atoms with Gasteiger partial charge in [0.1, 0.15) is 0 Å². The maximum absolute atomic E-state index is 12.1. The van der Waals surface area contributed by atoms with Crippen molar-refractivity contribution in [3.05, 3.63) is 52.5 Å². The highest BCUT2D eigenvalue weighted by molar-refractivity contribution is 7.90. The van der Waals surface area contributed by atoms with E-state index in [9.17, 15) is 18.0 Å². The van der Waals surface area contributed by atoms with Gasteiger partial charge in [-0.2, -0.15) is 0 Å². The number of ether oxygens (including phenoxy) is 3. The van der Waals surface area contributed by atoms with Crippen LogP contribution in [0.25, 0.3) is 0 Å². The van der Waals surface area contributed by atoms with Crippen molar-refractivity contribution in [3.63, 3.8) is 0 Å². The third kappa shape index (κ3) is 4.73. The van der Waals surface area contributed by atoms with Crippen LogP contribution in [0.5, 0.6) is 11.5 Å². The molecule has 0 saturated carbocycles. The van der Waals surface area contributed by atoms with Gasteiger partial charge in [-0.1, -0.05) is 17.7 Å². The van der Waals surface area contributed by atoms with Gasteiger partial charge in [0.25, 0.3) is 5.91 Å². The predicted molar refractivity (Wildman–Crippen MR) is 99.3 cm³/mol. The fourth-order valence-electron chi connectivity index (χ4n) is 2.43. The number of carbonyl (C=O) groups excluding carboxylic acids is 2. The highest BCUT2D eigenvalue weighted by Gasteiger charge is 2.18. The van der Waals surface area contributed by atoms with Crippen LogP contribution in [0.1, 0.15) is 15.9 Å². The molecule has 0 bridgehead atoms. The molecule has 0 unspecified atom stereocenters. The van der Waals surface area contributed by atoms with Crippen LogP contribution in [-0.4, -0.2) is 39.9 Å². The number of halogens is 1. The van der Waals surface area contributed by atoms with E-state index < -0.39 is 28.3 Å². The van der Waals surface area contributed by atoms with Crippen LogP contribution in [0.2, 0.25) is 5.02 Å². The molecule has 1 aliphatic rings. The van der Waals surface area contributed by atoms with E-state index in [1.54, 1.807) is 18.2 Å². The highest BCUT2D eigenvalue weighted by atomic mass is 35.5. The third-order valence-corrected chi connectivity index (χ3v) is 5.41. The molecule has 8 nitrogen and oxygen atoms in total. The average Bonchev–Trinajstić information content (AvgIpc) is 3.11. The van der Waals surface area contributed by atoms with E-state index in [0.717, 1.165) is 17.9 Å². The summed E-state index contributed by atoms with van der Waals surface area (Å²) in [6, 6.07) is 8.99. The Kier molecular flexibility index (Phi) is 5.76. The molecule has 0 fully saturated rings. The molecule has 1 amide bonds. The molecule has 0 atom stereocenters. The van der Waals surface area contributed by atoms with Gasteiger partial charge in [0.2, 0.25) is 6.79 Å². The summed E-state index contributed by atoms with van der Waals surface area (Å²) in [6.07, 6.45) is 0.979. The Morgan fingerprint density at radius 2 is 1.89 bits per heavy atom. The molecular formula is C18H16ClNO7S. The number of benzene rings is 2. The number of rotatable bonds is 6. The lowest BCUT2D eigenvalue weighted by Crippen LogP contribution is -2.28. The minimum Gasteiger partial charge on any atom is -0.454 e. The van der Waals surface area contributed by atoms with Crippen LogP contribution < -0.4 is 14.8 Å². The molecule has 0 spiro atoms. The first-order chi connectivity index (χ1) is 13.2. The monoisotopic (exact) mass is 425 g/mol. The molecule has 0 aromatic heterocycles. The van der Waals surface area contributed by atoms with E-state index >= 15 is 0 Å². The van der Waals surface area contributed by atoms with E-state index in [1.165, 1.54) is 12.1 Å². The van der Waals surface area contributed by atoms with Gasteiger partial charge in [-0.05, 0) is 35.9 Å². The lowest BCUT2D eigenvalue weighted by atomic mass is 10.2. The van der Waals surface area contributed by atoms with Crippen molar-refractivity contribution in [1.82, 2.24) is 5.32 Å². The fraction of sp³-hybridized carbons (Fsp3) is 0.222. The van der Waals surface area contributed by atoms with E-state index in [0.29, 0.717) is 11.5 Å². The van der Waals surface area contributed by atoms with Crippen LogP contribution in [0, 0.1) is 0 Å². The molecule has 10 heteroatoms. The SMILES string of the molecule is CS(=O)(=O)c1cc(C(=O)OCC(=O)NCc2ccc3c(c2)OCO3)ccc1Cl. The summed E-state index contributed by atoms with van der Waals surface area (Å²) in [5, 5.41) is 2.61. The molecule has 0 aliphatic carbocycles. The number of fused-ring (bicyclic) bond motifs is 1. The second kappa shape index (κ2) is 8.07. The number of carbonyl (C=O) groups is 2. The summed E-state index contributed by atoms with van der Waals surface area (Å²) in [4.78, 5) is 23.8. The Balaban J connectivity index is 1.54. The summed E-state index contributed by atoms with van der Waals surface area (Å²) >= 11 is 5.84. The zero-order valence-electron chi connectivity index (χ0n) is 14.7. The third-order valence-electron chi connectivity index (χ3n) is 3.83. The van der Waals surface area contributed by atoms with Crippen molar-refractivity contribution in [2.75, 3.05) is 19.7 Å².